The third-order valence-corrected chi connectivity index (χ3v) is 3.20. The van der Waals surface area contributed by atoms with E-state index in [1.165, 1.54) is 16.7 Å². The van der Waals surface area contributed by atoms with E-state index in [1.54, 1.807) is 0 Å². The minimum atomic E-state index is 0.202. The van der Waals surface area contributed by atoms with E-state index in [4.69, 9.17) is 9.47 Å². The van der Waals surface area contributed by atoms with Gasteiger partial charge in [-0.1, -0.05) is 18.2 Å². The predicted molar refractivity (Wildman–Crippen MR) is 68.2 cm³/mol. The van der Waals surface area contributed by atoms with Crippen molar-refractivity contribution in [1.82, 2.24) is 5.32 Å². The topological polar surface area (TPSA) is 30.5 Å². The lowest BCUT2D eigenvalue weighted by molar-refractivity contribution is -0.0359. The molecular weight excluding hydrogens is 214 g/mol. The summed E-state index contributed by atoms with van der Waals surface area (Å²) in [6.45, 7) is 8.24. The van der Waals surface area contributed by atoms with Gasteiger partial charge in [0.15, 0.2) is 0 Å². The maximum atomic E-state index is 5.76. The molecule has 17 heavy (non-hydrogen) atoms. The van der Waals surface area contributed by atoms with Crippen LogP contribution in [0, 0.1) is 13.8 Å². The predicted octanol–water partition coefficient (Wildman–Crippen LogP) is 1.81. The van der Waals surface area contributed by atoms with Gasteiger partial charge in [0.25, 0.3) is 0 Å². The third-order valence-electron chi connectivity index (χ3n) is 3.20. The molecule has 1 aliphatic heterocycles. The molecule has 1 atom stereocenters. The summed E-state index contributed by atoms with van der Waals surface area (Å²) in [7, 11) is 0. The van der Waals surface area contributed by atoms with Crippen molar-refractivity contribution in [2.24, 2.45) is 0 Å². The Bertz CT molecular complexity index is 339. The van der Waals surface area contributed by atoms with Crippen LogP contribution in [-0.4, -0.2) is 32.4 Å². The average Bonchev–Trinajstić information content (AvgIpc) is 2.34. The fraction of sp³-hybridized carbons (Fsp3) is 0.571. The van der Waals surface area contributed by atoms with Crippen LogP contribution in [-0.2, 0) is 16.1 Å². The molecule has 2 rings (SSSR count). The maximum absolute atomic E-state index is 5.76. The number of benzene rings is 1. The first-order valence-electron chi connectivity index (χ1n) is 6.22. The minimum absolute atomic E-state index is 0.202. The van der Waals surface area contributed by atoms with Crippen LogP contribution >= 0.6 is 0 Å². The van der Waals surface area contributed by atoms with E-state index in [2.05, 4.69) is 37.4 Å². The molecule has 1 N–H and O–H groups in total. The molecule has 1 aromatic carbocycles. The van der Waals surface area contributed by atoms with E-state index in [0.29, 0.717) is 13.2 Å². The van der Waals surface area contributed by atoms with Crippen molar-refractivity contribution < 1.29 is 9.47 Å². The smallest absolute Gasteiger partial charge is 0.0933 e. The molecule has 0 amide bonds. The van der Waals surface area contributed by atoms with Crippen molar-refractivity contribution >= 4 is 0 Å². The molecular formula is C14H21NO2. The van der Waals surface area contributed by atoms with Gasteiger partial charge in [0.2, 0.25) is 0 Å². The van der Waals surface area contributed by atoms with Crippen LogP contribution in [0.5, 0.6) is 0 Å². The molecule has 3 heteroatoms. The first-order chi connectivity index (χ1) is 8.27. The SMILES string of the molecule is Cc1cccc(C)c1COCC1CNCCO1. The standard InChI is InChI=1S/C14H21NO2/c1-11-4-3-5-12(2)14(11)10-16-9-13-8-15-6-7-17-13/h3-5,13,15H,6-10H2,1-2H3. The molecule has 1 fully saturated rings. The zero-order valence-corrected chi connectivity index (χ0v) is 10.7. The van der Waals surface area contributed by atoms with Gasteiger partial charge in [0, 0.05) is 13.1 Å². The van der Waals surface area contributed by atoms with Crippen molar-refractivity contribution in [1.29, 1.82) is 0 Å². The van der Waals surface area contributed by atoms with E-state index in [1.807, 2.05) is 0 Å². The number of ether oxygens (including phenoxy) is 2. The van der Waals surface area contributed by atoms with Crippen molar-refractivity contribution in [3.63, 3.8) is 0 Å². The summed E-state index contributed by atoms with van der Waals surface area (Å²) in [4.78, 5) is 0. The number of hydrogen-bond donors (Lipinski definition) is 1. The number of rotatable bonds is 4. The van der Waals surface area contributed by atoms with Crippen molar-refractivity contribution in [2.45, 2.75) is 26.6 Å². The van der Waals surface area contributed by atoms with Gasteiger partial charge in [-0.2, -0.15) is 0 Å². The van der Waals surface area contributed by atoms with Gasteiger partial charge in [0.05, 0.1) is 25.9 Å². The molecule has 0 saturated carbocycles. The molecule has 3 nitrogen and oxygen atoms in total. The number of nitrogens with one attached hydrogen (secondary N) is 1. The monoisotopic (exact) mass is 235 g/mol. The van der Waals surface area contributed by atoms with Gasteiger partial charge in [-0.3, -0.25) is 0 Å². The van der Waals surface area contributed by atoms with Gasteiger partial charge >= 0.3 is 0 Å². The number of hydrogen-bond acceptors (Lipinski definition) is 3. The van der Waals surface area contributed by atoms with E-state index in [9.17, 15) is 0 Å². The Balaban J connectivity index is 1.81. The highest BCUT2D eigenvalue weighted by Crippen LogP contribution is 2.14. The maximum Gasteiger partial charge on any atom is 0.0933 e. The van der Waals surface area contributed by atoms with Crippen LogP contribution in [0.2, 0.25) is 0 Å². The Morgan fingerprint density at radius 2 is 2.12 bits per heavy atom. The second-order valence-electron chi connectivity index (χ2n) is 4.58. The van der Waals surface area contributed by atoms with Gasteiger partial charge in [0.1, 0.15) is 0 Å². The molecule has 1 heterocycles. The molecule has 1 saturated heterocycles. The van der Waals surface area contributed by atoms with Crippen molar-refractivity contribution in [3.05, 3.63) is 34.9 Å². The van der Waals surface area contributed by atoms with E-state index >= 15 is 0 Å². The first-order valence-corrected chi connectivity index (χ1v) is 6.22. The Morgan fingerprint density at radius 1 is 1.35 bits per heavy atom. The van der Waals surface area contributed by atoms with Crippen LogP contribution in [0.15, 0.2) is 18.2 Å². The second kappa shape index (κ2) is 6.15. The van der Waals surface area contributed by atoms with E-state index in [-0.39, 0.29) is 6.10 Å². The van der Waals surface area contributed by atoms with Crippen molar-refractivity contribution in [3.8, 4) is 0 Å². The lowest BCUT2D eigenvalue weighted by Gasteiger charge is -2.23. The lowest BCUT2D eigenvalue weighted by atomic mass is 10.0. The Kier molecular flexibility index (Phi) is 4.54. The fourth-order valence-electron chi connectivity index (χ4n) is 2.10. The van der Waals surface area contributed by atoms with Gasteiger partial charge in [-0.15, -0.1) is 0 Å². The van der Waals surface area contributed by atoms with Crippen molar-refractivity contribution in [2.75, 3.05) is 26.3 Å². The summed E-state index contributed by atoms with van der Waals surface area (Å²) in [6.07, 6.45) is 0.202. The molecule has 1 aromatic rings. The largest absolute Gasteiger partial charge is 0.374 e. The second-order valence-corrected chi connectivity index (χ2v) is 4.58. The molecule has 94 valence electrons. The first kappa shape index (κ1) is 12.6. The number of morpholine rings is 1. The Hall–Kier alpha value is -0.900. The van der Waals surface area contributed by atoms with Gasteiger partial charge < -0.3 is 14.8 Å². The van der Waals surface area contributed by atoms with Crippen LogP contribution in [0.1, 0.15) is 16.7 Å². The zero-order valence-electron chi connectivity index (χ0n) is 10.7. The fourth-order valence-corrected chi connectivity index (χ4v) is 2.10. The van der Waals surface area contributed by atoms with Crippen LogP contribution < -0.4 is 5.32 Å². The van der Waals surface area contributed by atoms with E-state index < -0.39 is 0 Å². The summed E-state index contributed by atoms with van der Waals surface area (Å²) in [6, 6.07) is 6.34. The summed E-state index contributed by atoms with van der Waals surface area (Å²) < 4.78 is 11.3. The highest BCUT2D eigenvalue weighted by molar-refractivity contribution is 5.32. The third kappa shape index (κ3) is 3.53. The highest BCUT2D eigenvalue weighted by atomic mass is 16.5. The van der Waals surface area contributed by atoms with Gasteiger partial charge in [-0.05, 0) is 30.5 Å². The summed E-state index contributed by atoms with van der Waals surface area (Å²) in [5.41, 5.74) is 3.90. The normalized spacial score (nSPS) is 20.5. The van der Waals surface area contributed by atoms with E-state index in [0.717, 1.165) is 19.7 Å². The molecule has 1 unspecified atom stereocenters. The molecule has 0 aliphatic carbocycles. The Morgan fingerprint density at radius 3 is 2.76 bits per heavy atom. The molecule has 0 aromatic heterocycles. The molecule has 1 aliphatic rings. The molecule has 0 spiro atoms. The molecule has 0 radical (unpaired) electrons. The van der Waals surface area contributed by atoms with Gasteiger partial charge in [-0.25, -0.2) is 0 Å². The molecule has 0 bridgehead atoms. The lowest BCUT2D eigenvalue weighted by Crippen LogP contribution is -2.40. The van der Waals surface area contributed by atoms with Crippen LogP contribution in [0.3, 0.4) is 0 Å². The summed E-state index contributed by atoms with van der Waals surface area (Å²) >= 11 is 0. The highest BCUT2D eigenvalue weighted by Gasteiger charge is 2.13. The average molecular weight is 235 g/mol. The summed E-state index contributed by atoms with van der Waals surface area (Å²) in [5, 5.41) is 3.30. The van der Waals surface area contributed by atoms with Crippen LogP contribution in [0.4, 0.5) is 0 Å². The number of aryl methyl sites for hydroxylation is 2. The minimum Gasteiger partial charge on any atom is -0.374 e. The quantitative estimate of drug-likeness (QED) is 0.863. The Labute approximate surface area is 103 Å². The van der Waals surface area contributed by atoms with Crippen LogP contribution in [0.25, 0.3) is 0 Å². The zero-order chi connectivity index (χ0) is 12.1. The summed E-state index contributed by atoms with van der Waals surface area (Å²) in [5.74, 6) is 0.